The number of hydrogen-bond acceptors (Lipinski definition) is 4. The number of rotatable bonds is 5. The molecule has 0 bridgehead atoms. The summed E-state index contributed by atoms with van der Waals surface area (Å²) < 4.78 is 7.52. The highest BCUT2D eigenvalue weighted by atomic mass is 35.5. The molecular formula is C24H20ClN5OS. The Morgan fingerprint density at radius 1 is 1.03 bits per heavy atom. The summed E-state index contributed by atoms with van der Waals surface area (Å²) in [6, 6.07) is 21.3. The monoisotopic (exact) mass is 461 g/mol. The molecule has 3 aromatic heterocycles. The molecular weight excluding hydrogens is 442 g/mol. The molecule has 0 radical (unpaired) electrons. The summed E-state index contributed by atoms with van der Waals surface area (Å²) in [7, 11) is 1.66. The van der Waals surface area contributed by atoms with Crippen LogP contribution in [0.3, 0.4) is 0 Å². The zero-order valence-electron chi connectivity index (χ0n) is 17.2. The van der Waals surface area contributed by atoms with Crippen molar-refractivity contribution in [3.8, 4) is 11.6 Å². The van der Waals surface area contributed by atoms with E-state index in [-0.39, 0.29) is 12.1 Å². The predicted octanol–water partition coefficient (Wildman–Crippen LogP) is 5.11. The van der Waals surface area contributed by atoms with E-state index in [4.69, 9.17) is 28.6 Å². The molecule has 1 aliphatic rings. The van der Waals surface area contributed by atoms with E-state index in [1.54, 1.807) is 19.5 Å². The van der Waals surface area contributed by atoms with Crippen LogP contribution in [0.5, 0.6) is 5.75 Å². The number of hydrogen-bond donors (Lipinski definition) is 1. The minimum absolute atomic E-state index is 0.157. The number of halogens is 1. The van der Waals surface area contributed by atoms with Gasteiger partial charge in [-0.3, -0.25) is 4.98 Å². The molecule has 1 N–H and O–H groups in total. The Balaban J connectivity index is 1.66. The first-order valence-electron chi connectivity index (χ1n) is 10.1. The highest BCUT2D eigenvalue weighted by molar-refractivity contribution is 7.80. The lowest BCUT2D eigenvalue weighted by molar-refractivity contribution is 0.414. The third-order valence-electron chi connectivity index (χ3n) is 5.47. The highest BCUT2D eigenvalue weighted by Gasteiger charge is 2.42. The van der Waals surface area contributed by atoms with Gasteiger partial charge in [-0.1, -0.05) is 23.7 Å². The standard InChI is InChI=1S/C24H20ClN5OS/c1-31-18-7-4-6-17(14-18)30-23(22(28-24(30)32)19-8-2-3-12-26-19)20-9-5-13-29(20)21-11-10-16(25)15-27-21/h2-15,22-23H,1H3,(H,28,32)/t22-,23+/m0/s1. The maximum absolute atomic E-state index is 6.07. The van der Waals surface area contributed by atoms with E-state index in [0.29, 0.717) is 10.1 Å². The van der Waals surface area contributed by atoms with Gasteiger partial charge in [-0.2, -0.15) is 0 Å². The van der Waals surface area contributed by atoms with Crippen LogP contribution in [0.1, 0.15) is 23.5 Å². The molecule has 0 spiro atoms. The van der Waals surface area contributed by atoms with Gasteiger partial charge in [0.1, 0.15) is 17.6 Å². The molecule has 4 heterocycles. The van der Waals surface area contributed by atoms with Crippen molar-refractivity contribution in [1.82, 2.24) is 19.9 Å². The molecule has 1 fully saturated rings. The summed E-state index contributed by atoms with van der Waals surface area (Å²) >= 11 is 11.9. The summed E-state index contributed by atoms with van der Waals surface area (Å²) in [4.78, 5) is 11.2. The smallest absolute Gasteiger partial charge is 0.174 e. The van der Waals surface area contributed by atoms with Crippen molar-refractivity contribution in [3.05, 3.63) is 102 Å². The maximum Gasteiger partial charge on any atom is 0.174 e. The molecule has 1 saturated heterocycles. The van der Waals surface area contributed by atoms with E-state index in [9.17, 15) is 0 Å². The number of thiocarbonyl (C=S) groups is 1. The summed E-state index contributed by atoms with van der Waals surface area (Å²) in [6.07, 6.45) is 5.44. The van der Waals surface area contributed by atoms with Crippen molar-refractivity contribution in [3.63, 3.8) is 0 Å². The average Bonchev–Trinajstić information content (AvgIpc) is 3.44. The van der Waals surface area contributed by atoms with Crippen LogP contribution in [0.15, 0.2) is 85.3 Å². The normalized spacial score (nSPS) is 17.9. The van der Waals surface area contributed by atoms with Gasteiger partial charge < -0.3 is 19.5 Å². The lowest BCUT2D eigenvalue weighted by atomic mass is 10.0. The Hall–Kier alpha value is -3.42. The summed E-state index contributed by atoms with van der Waals surface area (Å²) in [5, 5.41) is 4.70. The lowest BCUT2D eigenvalue weighted by Gasteiger charge is -2.29. The third-order valence-corrected chi connectivity index (χ3v) is 6.01. The van der Waals surface area contributed by atoms with Crippen LogP contribution in [0.4, 0.5) is 5.69 Å². The second-order valence-electron chi connectivity index (χ2n) is 7.34. The van der Waals surface area contributed by atoms with Crippen molar-refractivity contribution in [1.29, 1.82) is 0 Å². The second-order valence-corrected chi connectivity index (χ2v) is 8.16. The fraction of sp³-hybridized carbons (Fsp3) is 0.125. The number of pyridine rings is 2. The van der Waals surface area contributed by atoms with E-state index < -0.39 is 0 Å². The number of anilines is 1. The van der Waals surface area contributed by atoms with Crippen molar-refractivity contribution in [2.24, 2.45) is 0 Å². The molecule has 5 rings (SSSR count). The molecule has 0 amide bonds. The van der Waals surface area contributed by atoms with Crippen LogP contribution in [-0.2, 0) is 0 Å². The average molecular weight is 462 g/mol. The topological polar surface area (TPSA) is 55.2 Å². The van der Waals surface area contributed by atoms with Crippen molar-refractivity contribution in [2.75, 3.05) is 12.0 Å². The van der Waals surface area contributed by atoms with Gasteiger partial charge in [-0.15, -0.1) is 0 Å². The zero-order valence-corrected chi connectivity index (χ0v) is 18.8. The molecule has 6 nitrogen and oxygen atoms in total. The number of nitrogens with zero attached hydrogens (tertiary/aromatic N) is 4. The van der Waals surface area contributed by atoms with Crippen molar-refractivity contribution < 1.29 is 4.74 Å². The van der Waals surface area contributed by atoms with Gasteiger partial charge in [0.25, 0.3) is 0 Å². The number of ether oxygens (including phenoxy) is 1. The zero-order chi connectivity index (χ0) is 22.1. The Morgan fingerprint density at radius 2 is 1.94 bits per heavy atom. The van der Waals surface area contributed by atoms with Gasteiger partial charge in [0.2, 0.25) is 0 Å². The molecule has 0 unspecified atom stereocenters. The lowest BCUT2D eigenvalue weighted by Crippen LogP contribution is -2.30. The maximum atomic E-state index is 6.07. The van der Waals surface area contributed by atoms with Gasteiger partial charge in [0.05, 0.1) is 23.9 Å². The van der Waals surface area contributed by atoms with Crippen molar-refractivity contribution in [2.45, 2.75) is 12.1 Å². The minimum Gasteiger partial charge on any atom is -0.497 e. The third kappa shape index (κ3) is 3.70. The minimum atomic E-state index is -0.169. The number of aromatic nitrogens is 3. The van der Waals surface area contributed by atoms with Crippen LogP contribution in [0.2, 0.25) is 5.02 Å². The van der Waals surface area contributed by atoms with Gasteiger partial charge in [-0.25, -0.2) is 4.98 Å². The van der Waals surface area contributed by atoms with Gasteiger partial charge in [0.15, 0.2) is 5.11 Å². The van der Waals surface area contributed by atoms with Crippen molar-refractivity contribution >= 4 is 34.6 Å². The Kier molecular flexibility index (Phi) is 5.51. The van der Waals surface area contributed by atoms with Gasteiger partial charge >= 0.3 is 0 Å². The van der Waals surface area contributed by atoms with E-state index in [1.165, 1.54) is 0 Å². The predicted molar refractivity (Wildman–Crippen MR) is 129 cm³/mol. The molecule has 160 valence electrons. The fourth-order valence-electron chi connectivity index (χ4n) is 4.05. The molecule has 4 aromatic rings. The van der Waals surface area contributed by atoms with Gasteiger partial charge in [0, 0.05) is 36.0 Å². The molecule has 32 heavy (non-hydrogen) atoms. The van der Waals surface area contributed by atoms with E-state index in [2.05, 4.69) is 30.8 Å². The van der Waals surface area contributed by atoms with Gasteiger partial charge in [-0.05, 0) is 60.7 Å². The van der Waals surface area contributed by atoms with E-state index >= 15 is 0 Å². The van der Waals surface area contributed by atoms with Crippen LogP contribution in [-0.4, -0.2) is 26.8 Å². The highest BCUT2D eigenvalue weighted by Crippen LogP contribution is 2.42. The first-order chi connectivity index (χ1) is 15.7. The number of methoxy groups -OCH3 is 1. The summed E-state index contributed by atoms with van der Waals surface area (Å²) in [6.45, 7) is 0. The Bertz CT molecular complexity index is 1240. The second kappa shape index (κ2) is 8.61. The van der Waals surface area contributed by atoms with E-state index in [1.807, 2.05) is 66.9 Å². The molecule has 0 saturated carbocycles. The largest absolute Gasteiger partial charge is 0.497 e. The molecule has 1 aliphatic heterocycles. The van der Waals surface area contributed by atoms with Crippen LogP contribution in [0.25, 0.3) is 5.82 Å². The quantitative estimate of drug-likeness (QED) is 0.417. The molecule has 1 aromatic carbocycles. The summed E-state index contributed by atoms with van der Waals surface area (Å²) in [5.74, 6) is 1.54. The number of benzene rings is 1. The Morgan fingerprint density at radius 3 is 2.69 bits per heavy atom. The SMILES string of the molecule is COc1cccc(N2C(=S)N[C@@H](c3ccccn3)[C@H]2c2cccn2-c2ccc(Cl)cn2)c1. The van der Waals surface area contributed by atoms with Crippen LogP contribution >= 0.6 is 23.8 Å². The first-order valence-corrected chi connectivity index (χ1v) is 10.9. The fourth-order valence-corrected chi connectivity index (χ4v) is 4.51. The summed E-state index contributed by atoms with van der Waals surface area (Å²) in [5.41, 5.74) is 2.86. The molecule has 8 heteroatoms. The van der Waals surface area contributed by atoms with E-state index in [0.717, 1.165) is 28.6 Å². The molecule has 0 aliphatic carbocycles. The van der Waals surface area contributed by atoms with Crippen LogP contribution < -0.4 is 15.0 Å². The molecule has 2 atom stereocenters. The first kappa shape index (κ1) is 20.5. The Labute approximate surface area is 196 Å². The van der Waals surface area contributed by atoms with Crippen LogP contribution in [0, 0.1) is 0 Å². The number of nitrogens with one attached hydrogen (secondary N) is 1.